The topological polar surface area (TPSA) is 147 Å². The third-order valence-electron chi connectivity index (χ3n) is 11.9. The third kappa shape index (κ3) is 8.30. The molecule has 0 bridgehead atoms. The van der Waals surface area contributed by atoms with E-state index in [0.29, 0.717) is 79.3 Å². The Morgan fingerprint density at radius 2 is 1.66 bits per heavy atom. The Kier molecular flexibility index (Phi) is 12.6. The molecule has 10 nitrogen and oxygen atoms in total. The number of hydrogen-bond donors (Lipinski definition) is 5. The van der Waals surface area contributed by atoms with Crippen LogP contribution in [0, 0.1) is 11.8 Å². The summed E-state index contributed by atoms with van der Waals surface area (Å²) in [5.74, 6) is 1.67. The number of aliphatic hydroxyl groups excluding tert-OH is 3. The number of phenols is 2. The quantitative estimate of drug-likeness (QED) is 0.0761. The fourth-order valence-corrected chi connectivity index (χ4v) is 9.00. The molecular weight excluding hydrogens is 712 g/mol. The molecule has 0 unspecified atom stereocenters. The van der Waals surface area contributed by atoms with Crippen LogP contribution in [0.1, 0.15) is 97.5 Å². The van der Waals surface area contributed by atoms with Crippen LogP contribution in [0.3, 0.4) is 0 Å². The SMILES string of the molecule is CCc1cc(-c2cccc(O)c2)c(Cc2cc(OC3CCCC3)cc3c2OC[C@H]([C@@H]2[C@H](CCCOC)Oc4cc(CCCO)c(OC)cc4[C@@H]2O)[C@@H]3O)cc1O. The summed E-state index contributed by atoms with van der Waals surface area (Å²) in [6, 6.07) is 18.5. The molecule has 1 saturated carbocycles. The van der Waals surface area contributed by atoms with E-state index in [1.807, 2.05) is 43.3 Å². The van der Waals surface area contributed by atoms with Crippen LogP contribution in [-0.4, -0.2) is 71.8 Å². The molecule has 7 rings (SSSR count). The Bertz CT molecular complexity index is 1970. The molecule has 0 spiro atoms. The minimum absolute atomic E-state index is 0.0496. The Morgan fingerprint density at radius 3 is 2.39 bits per heavy atom. The highest BCUT2D eigenvalue weighted by molar-refractivity contribution is 5.72. The maximum Gasteiger partial charge on any atom is 0.128 e. The van der Waals surface area contributed by atoms with Gasteiger partial charge >= 0.3 is 0 Å². The molecule has 5 atom stereocenters. The summed E-state index contributed by atoms with van der Waals surface area (Å²) in [7, 11) is 3.25. The molecule has 10 heteroatoms. The molecule has 5 N–H and O–H groups in total. The molecule has 0 saturated heterocycles. The lowest BCUT2D eigenvalue weighted by molar-refractivity contribution is -0.0890. The number of fused-ring (bicyclic) bond motifs is 2. The number of benzene rings is 4. The van der Waals surface area contributed by atoms with Crippen molar-refractivity contribution in [2.75, 3.05) is 34.0 Å². The standard InChI is InChI=1S/C46H56O10/c1-4-27-21-35(28-10-7-12-32(48)19-28)30(22-39(27)49)18-31-20-34(55-33-13-5-6-14-33)24-37-44(50)38(26-54-46(31)37)43-40(15-9-17-52-2)56-42-23-29(11-8-16-47)41(53-3)25-36(42)45(43)51/h7,10,12,19-25,33,38,40,43-45,47-51H,4-6,8-9,11,13-18,26H2,1-3H3/t38-,40+,43-,44-,45+/m1/s1. The Hall–Kier alpha value is -4.48. The number of methoxy groups -OCH3 is 2. The summed E-state index contributed by atoms with van der Waals surface area (Å²) < 4.78 is 31.1. The van der Waals surface area contributed by atoms with Gasteiger partial charge in [0, 0.05) is 55.3 Å². The zero-order valence-electron chi connectivity index (χ0n) is 32.7. The van der Waals surface area contributed by atoms with E-state index >= 15 is 0 Å². The molecule has 1 aliphatic carbocycles. The summed E-state index contributed by atoms with van der Waals surface area (Å²) in [6.07, 6.45) is 5.20. The molecule has 0 amide bonds. The van der Waals surface area contributed by atoms with Gasteiger partial charge in [-0.2, -0.15) is 0 Å². The van der Waals surface area contributed by atoms with E-state index < -0.39 is 30.1 Å². The van der Waals surface area contributed by atoms with Gasteiger partial charge in [-0.3, -0.25) is 0 Å². The monoisotopic (exact) mass is 768 g/mol. The third-order valence-corrected chi connectivity index (χ3v) is 11.9. The number of ether oxygens (including phenoxy) is 5. The smallest absolute Gasteiger partial charge is 0.128 e. The van der Waals surface area contributed by atoms with Gasteiger partial charge in [-0.05, 0) is 134 Å². The van der Waals surface area contributed by atoms with Crippen molar-refractivity contribution in [1.82, 2.24) is 0 Å². The first kappa shape index (κ1) is 39.7. The predicted octanol–water partition coefficient (Wildman–Crippen LogP) is 7.75. The summed E-state index contributed by atoms with van der Waals surface area (Å²) in [5, 5.41) is 55.7. The molecule has 56 heavy (non-hydrogen) atoms. The van der Waals surface area contributed by atoms with Crippen molar-refractivity contribution < 1.29 is 49.2 Å². The lowest BCUT2D eigenvalue weighted by Crippen LogP contribution is -2.46. The van der Waals surface area contributed by atoms with Gasteiger partial charge in [0.25, 0.3) is 0 Å². The van der Waals surface area contributed by atoms with E-state index in [4.69, 9.17) is 23.7 Å². The first-order valence-electron chi connectivity index (χ1n) is 20.2. The van der Waals surface area contributed by atoms with Gasteiger partial charge < -0.3 is 49.2 Å². The van der Waals surface area contributed by atoms with E-state index in [1.165, 1.54) is 0 Å². The fourth-order valence-electron chi connectivity index (χ4n) is 9.00. The minimum Gasteiger partial charge on any atom is -0.508 e. The molecule has 300 valence electrons. The van der Waals surface area contributed by atoms with Crippen LogP contribution in [0.15, 0.2) is 60.7 Å². The van der Waals surface area contributed by atoms with Crippen molar-refractivity contribution in [3.63, 3.8) is 0 Å². The van der Waals surface area contributed by atoms with Gasteiger partial charge in [0.1, 0.15) is 40.6 Å². The molecule has 2 aliphatic heterocycles. The highest BCUT2D eigenvalue weighted by Gasteiger charge is 2.48. The molecule has 1 fully saturated rings. The van der Waals surface area contributed by atoms with Crippen molar-refractivity contribution in [3.05, 3.63) is 94.0 Å². The number of aromatic hydroxyl groups is 2. The van der Waals surface area contributed by atoms with Gasteiger partial charge in [-0.15, -0.1) is 0 Å². The molecular formula is C46H56O10. The molecule has 0 radical (unpaired) electrons. The van der Waals surface area contributed by atoms with Gasteiger partial charge in [0.2, 0.25) is 0 Å². The fraction of sp³-hybridized carbons (Fsp3) is 0.478. The van der Waals surface area contributed by atoms with Crippen molar-refractivity contribution >= 4 is 0 Å². The van der Waals surface area contributed by atoms with Crippen LogP contribution in [-0.2, 0) is 24.0 Å². The summed E-state index contributed by atoms with van der Waals surface area (Å²) in [6.45, 7) is 2.70. The second kappa shape index (κ2) is 17.8. The lowest BCUT2D eigenvalue weighted by atomic mass is 9.72. The van der Waals surface area contributed by atoms with Crippen LogP contribution >= 0.6 is 0 Å². The van der Waals surface area contributed by atoms with Crippen LogP contribution in [0.25, 0.3) is 11.1 Å². The average molecular weight is 769 g/mol. The average Bonchev–Trinajstić information content (AvgIpc) is 3.71. The maximum absolute atomic E-state index is 12.5. The van der Waals surface area contributed by atoms with Crippen LogP contribution < -0.4 is 18.9 Å². The summed E-state index contributed by atoms with van der Waals surface area (Å²) in [4.78, 5) is 0. The lowest BCUT2D eigenvalue weighted by Gasteiger charge is -2.45. The number of hydrogen-bond acceptors (Lipinski definition) is 10. The van der Waals surface area contributed by atoms with Crippen molar-refractivity contribution in [1.29, 1.82) is 0 Å². The number of phenolic OH excluding ortho intramolecular Hbond substituents is 2. The van der Waals surface area contributed by atoms with E-state index in [1.54, 1.807) is 38.5 Å². The van der Waals surface area contributed by atoms with Crippen LogP contribution in [0.2, 0.25) is 0 Å². The normalized spacial score (nSPS) is 21.9. The molecule has 2 heterocycles. The first-order chi connectivity index (χ1) is 27.2. The Balaban J connectivity index is 1.28. The number of aryl methyl sites for hydroxylation is 2. The van der Waals surface area contributed by atoms with Gasteiger partial charge in [0.05, 0.1) is 32.0 Å². The molecule has 0 aromatic heterocycles. The van der Waals surface area contributed by atoms with E-state index in [2.05, 4.69) is 0 Å². The number of rotatable bonds is 15. The largest absolute Gasteiger partial charge is 0.508 e. The van der Waals surface area contributed by atoms with Gasteiger partial charge in [-0.25, -0.2) is 0 Å². The minimum atomic E-state index is -1.02. The summed E-state index contributed by atoms with van der Waals surface area (Å²) in [5.41, 5.74) is 6.23. The first-order valence-corrected chi connectivity index (χ1v) is 20.2. The van der Waals surface area contributed by atoms with Crippen LogP contribution in [0.4, 0.5) is 0 Å². The van der Waals surface area contributed by atoms with Crippen molar-refractivity contribution in [2.24, 2.45) is 11.8 Å². The molecule has 4 aromatic rings. The second-order valence-electron chi connectivity index (χ2n) is 15.5. The van der Waals surface area contributed by atoms with E-state index in [0.717, 1.165) is 59.1 Å². The predicted molar refractivity (Wildman–Crippen MR) is 213 cm³/mol. The zero-order valence-corrected chi connectivity index (χ0v) is 32.7. The highest BCUT2D eigenvalue weighted by atomic mass is 16.5. The molecule has 3 aliphatic rings. The highest BCUT2D eigenvalue weighted by Crippen LogP contribution is 2.52. The Labute approximate surface area is 329 Å². The maximum atomic E-state index is 12.5. The van der Waals surface area contributed by atoms with Crippen molar-refractivity contribution in [2.45, 2.75) is 95.5 Å². The van der Waals surface area contributed by atoms with E-state index in [9.17, 15) is 25.5 Å². The second-order valence-corrected chi connectivity index (χ2v) is 15.5. The van der Waals surface area contributed by atoms with Gasteiger partial charge in [0.15, 0.2) is 0 Å². The molecule has 4 aromatic carbocycles. The summed E-state index contributed by atoms with van der Waals surface area (Å²) >= 11 is 0. The Morgan fingerprint density at radius 1 is 0.839 bits per heavy atom. The van der Waals surface area contributed by atoms with Gasteiger partial charge in [-0.1, -0.05) is 19.1 Å². The number of aliphatic hydroxyl groups is 3. The zero-order chi connectivity index (χ0) is 39.3. The van der Waals surface area contributed by atoms with Crippen LogP contribution in [0.5, 0.6) is 34.5 Å². The van der Waals surface area contributed by atoms with Crippen molar-refractivity contribution in [3.8, 4) is 45.6 Å². The van der Waals surface area contributed by atoms with E-state index in [-0.39, 0.29) is 30.8 Å².